The molecule has 0 rings (SSSR count). The standard InChI is InChI=1S/C8H14N2O5S/c1-4(11)10-5(8(14)15)2-16-3-6(12)7(9)13/h5-6,12H,2-3H2,1H3,(H2,9,13)(H,10,11)(H,14,15)/t5-,6-/m1/s1. The summed E-state index contributed by atoms with van der Waals surface area (Å²) in [6.07, 6.45) is -1.31. The molecule has 0 aliphatic carbocycles. The van der Waals surface area contributed by atoms with E-state index in [0.29, 0.717) is 0 Å². The predicted molar refractivity (Wildman–Crippen MR) is 57.8 cm³/mol. The molecule has 0 saturated heterocycles. The van der Waals surface area contributed by atoms with Gasteiger partial charge in [-0.05, 0) is 0 Å². The molecule has 0 unspecified atom stereocenters. The Hall–Kier alpha value is -1.28. The molecule has 0 fully saturated rings. The van der Waals surface area contributed by atoms with E-state index in [1.807, 2.05) is 0 Å². The molecule has 0 spiro atoms. The number of nitrogens with two attached hydrogens (primary N) is 1. The molecule has 2 atom stereocenters. The average Bonchev–Trinajstić information content (AvgIpc) is 2.14. The van der Waals surface area contributed by atoms with Gasteiger partial charge in [-0.15, -0.1) is 0 Å². The summed E-state index contributed by atoms with van der Waals surface area (Å²) < 4.78 is 0. The summed E-state index contributed by atoms with van der Waals surface area (Å²) in [5, 5.41) is 20.0. The SMILES string of the molecule is CC(=O)N[C@H](CSC[C@@H](O)C(N)=O)C(=O)O. The molecule has 7 nitrogen and oxygen atoms in total. The minimum Gasteiger partial charge on any atom is -0.480 e. The van der Waals surface area contributed by atoms with Gasteiger partial charge in [0.1, 0.15) is 12.1 Å². The topological polar surface area (TPSA) is 130 Å². The van der Waals surface area contributed by atoms with Crippen molar-refractivity contribution >= 4 is 29.5 Å². The van der Waals surface area contributed by atoms with E-state index < -0.39 is 29.9 Å². The minimum absolute atomic E-state index is 0.00129. The van der Waals surface area contributed by atoms with E-state index in [-0.39, 0.29) is 11.5 Å². The molecule has 2 amide bonds. The van der Waals surface area contributed by atoms with Crippen molar-refractivity contribution in [3.63, 3.8) is 0 Å². The van der Waals surface area contributed by atoms with E-state index in [1.54, 1.807) is 0 Å². The first kappa shape index (κ1) is 14.7. The monoisotopic (exact) mass is 250 g/mol. The van der Waals surface area contributed by atoms with Crippen molar-refractivity contribution in [3.8, 4) is 0 Å². The number of carboxylic acid groups (broad SMARTS) is 1. The van der Waals surface area contributed by atoms with Gasteiger partial charge >= 0.3 is 5.97 Å². The highest BCUT2D eigenvalue weighted by atomic mass is 32.2. The van der Waals surface area contributed by atoms with Crippen LogP contribution in [0.2, 0.25) is 0 Å². The number of amides is 2. The van der Waals surface area contributed by atoms with Gasteiger partial charge in [-0.2, -0.15) is 11.8 Å². The number of carbonyl (C=O) groups excluding carboxylic acids is 2. The van der Waals surface area contributed by atoms with Crippen molar-refractivity contribution in [2.45, 2.75) is 19.1 Å². The number of aliphatic hydroxyl groups is 1. The summed E-state index contributed by atoms with van der Waals surface area (Å²) in [7, 11) is 0. The van der Waals surface area contributed by atoms with Crippen LogP contribution in [0, 0.1) is 0 Å². The maximum absolute atomic E-state index is 10.7. The maximum Gasteiger partial charge on any atom is 0.327 e. The van der Waals surface area contributed by atoms with Crippen LogP contribution in [0.5, 0.6) is 0 Å². The third-order valence-electron chi connectivity index (χ3n) is 1.56. The first-order valence-corrected chi connectivity index (χ1v) is 5.55. The lowest BCUT2D eigenvalue weighted by atomic mass is 10.3. The summed E-state index contributed by atoms with van der Waals surface area (Å²) in [4.78, 5) is 31.8. The van der Waals surface area contributed by atoms with Gasteiger partial charge in [0.15, 0.2) is 0 Å². The Kier molecular flexibility index (Phi) is 6.50. The van der Waals surface area contributed by atoms with Crippen LogP contribution in [0.4, 0.5) is 0 Å². The highest BCUT2D eigenvalue weighted by Crippen LogP contribution is 2.05. The van der Waals surface area contributed by atoms with Crippen LogP contribution in [-0.2, 0) is 14.4 Å². The van der Waals surface area contributed by atoms with E-state index in [0.717, 1.165) is 11.8 Å². The van der Waals surface area contributed by atoms with Gasteiger partial charge in [-0.25, -0.2) is 4.79 Å². The molecule has 0 aliphatic heterocycles. The highest BCUT2D eigenvalue weighted by Gasteiger charge is 2.19. The fraction of sp³-hybridized carbons (Fsp3) is 0.625. The minimum atomic E-state index is -1.31. The molecule has 0 aromatic carbocycles. The summed E-state index contributed by atoms with van der Waals surface area (Å²) >= 11 is 1.02. The van der Waals surface area contributed by atoms with Gasteiger partial charge in [0, 0.05) is 18.4 Å². The van der Waals surface area contributed by atoms with Gasteiger partial charge in [0.2, 0.25) is 11.8 Å². The number of carbonyl (C=O) groups is 3. The highest BCUT2D eigenvalue weighted by molar-refractivity contribution is 7.99. The van der Waals surface area contributed by atoms with Crippen molar-refractivity contribution < 1.29 is 24.6 Å². The van der Waals surface area contributed by atoms with Gasteiger partial charge < -0.3 is 21.3 Å². The van der Waals surface area contributed by atoms with Crippen LogP contribution in [0.3, 0.4) is 0 Å². The van der Waals surface area contributed by atoms with E-state index in [4.69, 9.17) is 15.9 Å². The Morgan fingerprint density at radius 2 is 1.94 bits per heavy atom. The molecule has 0 radical (unpaired) electrons. The van der Waals surface area contributed by atoms with Crippen molar-refractivity contribution in [1.29, 1.82) is 0 Å². The number of aliphatic hydroxyl groups excluding tert-OH is 1. The van der Waals surface area contributed by atoms with Crippen LogP contribution in [-0.4, -0.2) is 51.6 Å². The molecule has 92 valence electrons. The quantitative estimate of drug-likeness (QED) is 0.420. The second-order valence-electron chi connectivity index (χ2n) is 3.05. The number of nitrogens with one attached hydrogen (secondary N) is 1. The third kappa shape index (κ3) is 6.25. The Morgan fingerprint density at radius 1 is 1.38 bits per heavy atom. The smallest absolute Gasteiger partial charge is 0.327 e. The van der Waals surface area contributed by atoms with Gasteiger partial charge in [0.05, 0.1) is 0 Å². The number of carboxylic acids is 1. The second-order valence-corrected chi connectivity index (χ2v) is 4.12. The molecule has 0 aliphatic rings. The molecule has 0 saturated carbocycles. The van der Waals surface area contributed by atoms with E-state index in [2.05, 4.69) is 5.32 Å². The summed E-state index contributed by atoms with van der Waals surface area (Å²) in [5.41, 5.74) is 4.81. The molecule has 0 bridgehead atoms. The van der Waals surface area contributed by atoms with E-state index in [9.17, 15) is 14.4 Å². The Bertz CT molecular complexity index is 284. The molecule has 5 N–H and O–H groups in total. The lowest BCUT2D eigenvalue weighted by Gasteiger charge is -2.13. The first-order valence-electron chi connectivity index (χ1n) is 4.39. The molecule has 16 heavy (non-hydrogen) atoms. The third-order valence-corrected chi connectivity index (χ3v) is 2.68. The lowest BCUT2D eigenvalue weighted by Crippen LogP contribution is -2.42. The second kappa shape index (κ2) is 7.07. The predicted octanol–water partition coefficient (Wildman–Crippen LogP) is -1.84. The van der Waals surface area contributed by atoms with Crippen molar-refractivity contribution in [3.05, 3.63) is 0 Å². The molecule has 0 aromatic rings. The average molecular weight is 250 g/mol. The Labute approximate surface area is 96.4 Å². The van der Waals surface area contributed by atoms with Crippen LogP contribution in [0.25, 0.3) is 0 Å². The largest absolute Gasteiger partial charge is 0.480 e. The maximum atomic E-state index is 10.7. The van der Waals surface area contributed by atoms with Crippen molar-refractivity contribution in [2.24, 2.45) is 5.73 Å². The van der Waals surface area contributed by atoms with Crippen LogP contribution in [0.1, 0.15) is 6.92 Å². The zero-order chi connectivity index (χ0) is 12.7. The molecular formula is C8H14N2O5S. The van der Waals surface area contributed by atoms with E-state index >= 15 is 0 Å². The van der Waals surface area contributed by atoms with Crippen LogP contribution >= 0.6 is 11.8 Å². The van der Waals surface area contributed by atoms with Crippen molar-refractivity contribution in [2.75, 3.05) is 11.5 Å². The fourth-order valence-corrected chi connectivity index (χ4v) is 1.78. The zero-order valence-corrected chi connectivity index (χ0v) is 9.49. The number of hydrogen-bond acceptors (Lipinski definition) is 5. The summed E-state index contributed by atoms with van der Waals surface area (Å²) in [6, 6.07) is -1.04. The number of aliphatic carboxylic acids is 1. The number of rotatable bonds is 7. The number of hydrogen-bond donors (Lipinski definition) is 4. The van der Waals surface area contributed by atoms with Crippen molar-refractivity contribution in [1.82, 2.24) is 5.32 Å². The normalized spacial score (nSPS) is 13.9. The Morgan fingerprint density at radius 3 is 2.31 bits per heavy atom. The fourth-order valence-electron chi connectivity index (χ4n) is 0.800. The Balaban J connectivity index is 3.99. The van der Waals surface area contributed by atoms with Gasteiger partial charge in [-0.3, -0.25) is 9.59 Å². The van der Waals surface area contributed by atoms with E-state index in [1.165, 1.54) is 6.92 Å². The molecule has 8 heteroatoms. The first-order chi connectivity index (χ1) is 7.34. The number of primary amides is 1. The summed E-state index contributed by atoms with van der Waals surface area (Å²) in [6.45, 7) is 1.21. The van der Waals surface area contributed by atoms with Gasteiger partial charge in [0.25, 0.3) is 0 Å². The molecule has 0 heterocycles. The lowest BCUT2D eigenvalue weighted by molar-refractivity contribution is -0.140. The van der Waals surface area contributed by atoms with Crippen LogP contribution < -0.4 is 11.1 Å². The van der Waals surface area contributed by atoms with Crippen LogP contribution in [0.15, 0.2) is 0 Å². The number of thioether (sulfide) groups is 1. The summed E-state index contributed by atoms with van der Waals surface area (Å²) in [5.74, 6) is -2.43. The molecule has 0 aromatic heterocycles. The van der Waals surface area contributed by atoms with Gasteiger partial charge in [-0.1, -0.05) is 0 Å². The molecular weight excluding hydrogens is 236 g/mol. The zero-order valence-electron chi connectivity index (χ0n) is 8.67.